The summed E-state index contributed by atoms with van der Waals surface area (Å²) in [6.07, 6.45) is 4.09. The lowest BCUT2D eigenvalue weighted by atomic mass is 9.85. The van der Waals surface area contributed by atoms with Crippen LogP contribution in [0.3, 0.4) is 0 Å². The van der Waals surface area contributed by atoms with E-state index >= 15 is 0 Å². The molecule has 9 heteroatoms. The molecular formula is C19H22N4O4S. The predicted octanol–water partition coefficient (Wildman–Crippen LogP) is 0.480. The maximum absolute atomic E-state index is 12.5. The van der Waals surface area contributed by atoms with Crippen molar-refractivity contribution in [1.82, 2.24) is 19.2 Å². The number of aryl methyl sites for hydroxylation is 1. The molecule has 1 amide bonds. The SMILES string of the molecule is CS(=O)(=O)N1CC[C@@]2(CCn3cc(C(=O)NCc4ccccc4)c(=O)nc32)C1. The number of benzene rings is 1. The maximum atomic E-state index is 12.5. The van der Waals surface area contributed by atoms with Crippen molar-refractivity contribution >= 4 is 15.9 Å². The largest absolute Gasteiger partial charge is 0.348 e. The molecule has 1 aromatic carbocycles. The highest BCUT2D eigenvalue weighted by Gasteiger charge is 2.48. The summed E-state index contributed by atoms with van der Waals surface area (Å²) in [6, 6.07) is 9.45. The Bertz CT molecular complexity index is 1080. The normalized spacial score (nSPS) is 21.8. The van der Waals surface area contributed by atoms with Crippen molar-refractivity contribution in [3.05, 3.63) is 63.8 Å². The first-order chi connectivity index (χ1) is 13.3. The zero-order valence-electron chi connectivity index (χ0n) is 15.6. The third-order valence-corrected chi connectivity index (χ3v) is 6.88. The Labute approximate surface area is 163 Å². The van der Waals surface area contributed by atoms with Gasteiger partial charge in [-0.2, -0.15) is 4.98 Å². The zero-order valence-corrected chi connectivity index (χ0v) is 16.4. The van der Waals surface area contributed by atoms with E-state index in [1.807, 2.05) is 34.9 Å². The molecule has 1 atom stereocenters. The van der Waals surface area contributed by atoms with E-state index < -0.39 is 26.9 Å². The molecule has 2 aromatic rings. The molecule has 4 rings (SSSR count). The summed E-state index contributed by atoms with van der Waals surface area (Å²) < 4.78 is 27.0. The number of sulfonamides is 1. The quantitative estimate of drug-likeness (QED) is 0.802. The van der Waals surface area contributed by atoms with E-state index in [-0.39, 0.29) is 5.56 Å². The van der Waals surface area contributed by atoms with Crippen LogP contribution in [0, 0.1) is 0 Å². The summed E-state index contributed by atoms with van der Waals surface area (Å²) in [5.74, 6) is 0.130. The first-order valence-electron chi connectivity index (χ1n) is 9.18. The predicted molar refractivity (Wildman–Crippen MR) is 103 cm³/mol. The van der Waals surface area contributed by atoms with Gasteiger partial charge in [0.15, 0.2) is 0 Å². The van der Waals surface area contributed by atoms with Crippen LogP contribution in [0.25, 0.3) is 0 Å². The molecule has 1 saturated heterocycles. The van der Waals surface area contributed by atoms with Gasteiger partial charge in [0.05, 0.1) is 6.26 Å². The van der Waals surface area contributed by atoms with Gasteiger partial charge in [-0.3, -0.25) is 9.59 Å². The molecule has 3 heterocycles. The third-order valence-electron chi connectivity index (χ3n) is 5.63. The van der Waals surface area contributed by atoms with Gasteiger partial charge >= 0.3 is 0 Å². The van der Waals surface area contributed by atoms with E-state index in [9.17, 15) is 18.0 Å². The van der Waals surface area contributed by atoms with Gasteiger partial charge in [-0.05, 0) is 18.4 Å². The van der Waals surface area contributed by atoms with E-state index in [0.29, 0.717) is 44.8 Å². The lowest BCUT2D eigenvalue weighted by molar-refractivity contribution is 0.0948. The Morgan fingerprint density at radius 3 is 2.61 bits per heavy atom. The molecule has 2 aliphatic rings. The molecule has 0 bridgehead atoms. The topological polar surface area (TPSA) is 101 Å². The number of amides is 1. The zero-order chi connectivity index (χ0) is 19.9. The summed E-state index contributed by atoms with van der Waals surface area (Å²) in [7, 11) is -3.28. The van der Waals surface area contributed by atoms with Crippen molar-refractivity contribution in [2.75, 3.05) is 19.3 Å². The summed E-state index contributed by atoms with van der Waals surface area (Å²) in [5, 5.41) is 2.76. The second-order valence-electron chi connectivity index (χ2n) is 7.52. The molecule has 28 heavy (non-hydrogen) atoms. The molecule has 0 radical (unpaired) electrons. The Kier molecular flexibility index (Phi) is 4.59. The standard InChI is InChI=1S/C19H22N4O4S/c1-28(26,27)23-10-8-19(13-23)7-9-22-12-15(17(25)21-18(19)22)16(24)20-11-14-5-3-2-4-6-14/h2-6,12H,7-11,13H2,1H3,(H,20,24)/t19-/m0/s1. The first kappa shape index (κ1) is 18.8. The summed E-state index contributed by atoms with van der Waals surface area (Å²) in [4.78, 5) is 29.2. The fourth-order valence-corrected chi connectivity index (χ4v) is 4.97. The number of fused-ring (bicyclic) bond motifs is 2. The maximum Gasteiger partial charge on any atom is 0.285 e. The average Bonchev–Trinajstić information content (AvgIpc) is 3.25. The van der Waals surface area contributed by atoms with Gasteiger partial charge in [0.1, 0.15) is 11.4 Å². The van der Waals surface area contributed by atoms with Crippen molar-refractivity contribution in [1.29, 1.82) is 0 Å². The highest BCUT2D eigenvalue weighted by atomic mass is 32.2. The highest BCUT2D eigenvalue weighted by Crippen LogP contribution is 2.41. The van der Waals surface area contributed by atoms with Crippen molar-refractivity contribution < 1.29 is 13.2 Å². The van der Waals surface area contributed by atoms with Crippen LogP contribution in [-0.2, 0) is 28.5 Å². The highest BCUT2D eigenvalue weighted by molar-refractivity contribution is 7.88. The smallest absolute Gasteiger partial charge is 0.285 e. The van der Waals surface area contributed by atoms with E-state index in [4.69, 9.17) is 0 Å². The van der Waals surface area contributed by atoms with Crippen LogP contribution in [0.5, 0.6) is 0 Å². The number of carbonyl (C=O) groups excluding carboxylic acids is 1. The minimum Gasteiger partial charge on any atom is -0.348 e. The minimum absolute atomic E-state index is 0.00898. The van der Waals surface area contributed by atoms with E-state index in [0.717, 1.165) is 5.56 Å². The van der Waals surface area contributed by atoms with Gasteiger partial charge in [-0.1, -0.05) is 30.3 Å². The Hall–Kier alpha value is -2.52. The lowest BCUT2D eigenvalue weighted by Gasteiger charge is -2.22. The van der Waals surface area contributed by atoms with Gasteiger partial charge in [0.25, 0.3) is 11.5 Å². The van der Waals surface area contributed by atoms with Crippen LogP contribution < -0.4 is 10.9 Å². The fraction of sp³-hybridized carbons (Fsp3) is 0.421. The lowest BCUT2D eigenvalue weighted by Crippen LogP contribution is -2.36. The molecule has 148 valence electrons. The van der Waals surface area contributed by atoms with Crippen LogP contribution in [0.4, 0.5) is 0 Å². The Morgan fingerprint density at radius 1 is 1.21 bits per heavy atom. The number of nitrogens with one attached hydrogen (secondary N) is 1. The van der Waals surface area contributed by atoms with Gasteiger partial charge in [0, 0.05) is 37.8 Å². The number of hydrogen-bond donors (Lipinski definition) is 1. The van der Waals surface area contributed by atoms with E-state index in [1.165, 1.54) is 10.6 Å². The number of nitrogens with zero attached hydrogens (tertiary/aromatic N) is 3. The van der Waals surface area contributed by atoms with Crippen molar-refractivity contribution in [2.24, 2.45) is 0 Å². The van der Waals surface area contributed by atoms with Crippen LogP contribution in [0.1, 0.15) is 34.6 Å². The third kappa shape index (κ3) is 3.35. The monoisotopic (exact) mass is 402 g/mol. The molecule has 1 spiro atoms. The molecule has 1 N–H and O–H groups in total. The molecular weight excluding hydrogens is 380 g/mol. The van der Waals surface area contributed by atoms with Gasteiger partial charge < -0.3 is 9.88 Å². The molecule has 1 aromatic heterocycles. The first-order valence-corrected chi connectivity index (χ1v) is 11.0. The molecule has 8 nitrogen and oxygen atoms in total. The number of aromatic nitrogens is 2. The fourth-order valence-electron chi connectivity index (χ4n) is 4.07. The van der Waals surface area contributed by atoms with Gasteiger partial charge in [-0.25, -0.2) is 12.7 Å². The Balaban J connectivity index is 1.56. The van der Waals surface area contributed by atoms with E-state index in [2.05, 4.69) is 10.3 Å². The molecule has 2 aliphatic heterocycles. The van der Waals surface area contributed by atoms with Crippen molar-refractivity contribution in [2.45, 2.75) is 31.3 Å². The Morgan fingerprint density at radius 2 is 1.93 bits per heavy atom. The van der Waals surface area contributed by atoms with Crippen molar-refractivity contribution in [3.8, 4) is 0 Å². The van der Waals surface area contributed by atoms with Crippen LogP contribution in [0.2, 0.25) is 0 Å². The summed E-state index contributed by atoms with van der Waals surface area (Å²) in [6.45, 7) is 1.69. The van der Waals surface area contributed by atoms with Crippen molar-refractivity contribution in [3.63, 3.8) is 0 Å². The summed E-state index contributed by atoms with van der Waals surface area (Å²) in [5.41, 5.74) is -0.0668. The van der Waals surface area contributed by atoms with E-state index in [1.54, 1.807) is 6.20 Å². The number of hydrogen-bond acceptors (Lipinski definition) is 5. The average molecular weight is 402 g/mol. The molecule has 0 unspecified atom stereocenters. The van der Waals surface area contributed by atoms with Crippen LogP contribution >= 0.6 is 0 Å². The second kappa shape index (κ2) is 6.82. The number of rotatable bonds is 4. The molecule has 0 aliphatic carbocycles. The van der Waals surface area contributed by atoms with Crippen LogP contribution in [-0.4, -0.2) is 47.5 Å². The number of carbonyl (C=O) groups is 1. The van der Waals surface area contributed by atoms with Gasteiger partial charge in [-0.15, -0.1) is 0 Å². The molecule has 1 fully saturated rings. The minimum atomic E-state index is -3.28. The van der Waals surface area contributed by atoms with Gasteiger partial charge in [0.2, 0.25) is 10.0 Å². The summed E-state index contributed by atoms with van der Waals surface area (Å²) >= 11 is 0. The second-order valence-corrected chi connectivity index (χ2v) is 9.50. The van der Waals surface area contributed by atoms with Crippen LogP contribution in [0.15, 0.2) is 41.3 Å². The molecule has 0 saturated carbocycles.